The fourth-order valence-corrected chi connectivity index (χ4v) is 10.5. The molecule has 0 amide bonds. The zero-order valence-electron chi connectivity index (χ0n) is 45.6. The first-order valence-corrected chi connectivity index (χ1v) is 23.8. The van der Waals surface area contributed by atoms with Crippen molar-refractivity contribution in [3.05, 3.63) is 235 Å². The quantitative estimate of drug-likeness (QED) is 0.123. The van der Waals surface area contributed by atoms with Gasteiger partial charge < -0.3 is 13.9 Å². The van der Waals surface area contributed by atoms with Gasteiger partial charge in [0.25, 0.3) is 6.33 Å². The molecule has 0 spiro atoms. The van der Waals surface area contributed by atoms with E-state index >= 15 is 0 Å². The van der Waals surface area contributed by atoms with E-state index in [1.165, 1.54) is 18.2 Å². The van der Waals surface area contributed by atoms with Crippen LogP contribution in [0.15, 0.2) is 200 Å². The Hall–Kier alpha value is -8.11. The van der Waals surface area contributed by atoms with Gasteiger partial charge in [-0.15, -0.1) is 29.7 Å². The fraction of sp³-hybridized carbons (Fsp3) is 0.0909. The van der Waals surface area contributed by atoms with E-state index in [2.05, 4.69) is 139 Å². The molecule has 1 aliphatic rings. The van der Waals surface area contributed by atoms with E-state index in [9.17, 15) is 0 Å². The van der Waals surface area contributed by atoms with Crippen molar-refractivity contribution < 1.29 is 38.6 Å². The minimum atomic E-state index is -2.65. The van der Waals surface area contributed by atoms with Crippen LogP contribution in [0, 0.1) is 32.2 Å². The van der Waals surface area contributed by atoms with E-state index in [1.807, 2.05) is 95.7 Å². The number of fused-ring (bicyclic) bond motifs is 10. The predicted octanol–water partition coefficient (Wildman–Crippen LogP) is 16.2. The minimum absolute atomic E-state index is 0. The van der Waals surface area contributed by atoms with Gasteiger partial charge in [0, 0.05) is 52.5 Å². The van der Waals surface area contributed by atoms with E-state index in [1.54, 1.807) is 0 Å². The topological polar surface area (TPSA) is 35.9 Å². The molecule has 350 valence electrons. The van der Waals surface area contributed by atoms with Crippen LogP contribution in [0.25, 0.3) is 106 Å². The Kier molecular flexibility index (Phi) is 9.46. The molecule has 3 aromatic heterocycles. The number of hydrogen-bond donors (Lipinski definition) is 0. The molecule has 9 aromatic carbocycles. The smallest absolute Gasteiger partial charge is 0.268 e. The van der Waals surface area contributed by atoms with Crippen LogP contribution >= 0.6 is 0 Å². The Morgan fingerprint density at radius 3 is 1.93 bits per heavy atom. The largest absolute Gasteiger partial charge is 0.510 e. The summed E-state index contributed by atoms with van der Waals surface area (Å²) in [6.45, 7) is 1.28. The van der Waals surface area contributed by atoms with Gasteiger partial charge in [0.05, 0.1) is 16.7 Å². The van der Waals surface area contributed by atoms with Crippen LogP contribution in [-0.2, 0) is 26.5 Å². The van der Waals surface area contributed by atoms with Crippen molar-refractivity contribution in [1.82, 2.24) is 14.1 Å². The maximum atomic E-state index is 8.78. The Labute approximate surface area is 443 Å². The van der Waals surface area contributed by atoms with Crippen molar-refractivity contribution in [3.8, 4) is 84.3 Å². The van der Waals surface area contributed by atoms with Gasteiger partial charge >= 0.3 is 0 Å². The van der Waals surface area contributed by atoms with Crippen molar-refractivity contribution in [2.75, 3.05) is 0 Å². The van der Waals surface area contributed by atoms with Crippen LogP contribution in [0.3, 0.4) is 0 Å². The number of pyridine rings is 1. The number of ether oxygens (including phenoxy) is 1. The molecule has 0 unspecified atom stereocenters. The van der Waals surface area contributed by atoms with E-state index in [0.29, 0.717) is 28.3 Å². The molecular weight excluding hydrogens is 1060 g/mol. The average Bonchev–Trinajstić information content (AvgIpc) is 4.16. The molecular formula is C66H48N4OPt-2. The number of aryl methyl sites for hydroxylation is 2. The summed E-state index contributed by atoms with van der Waals surface area (Å²) in [5.74, 6) is 1.66. The average molecular weight is 1110 g/mol. The number of rotatable bonds is 6. The molecule has 0 radical (unpaired) electrons. The maximum absolute atomic E-state index is 8.78. The summed E-state index contributed by atoms with van der Waals surface area (Å²) < 4.78 is 65.6. The molecule has 6 heteroatoms. The zero-order valence-corrected chi connectivity index (χ0v) is 41.8. The van der Waals surface area contributed by atoms with Gasteiger partial charge in [0.1, 0.15) is 5.82 Å². The number of benzene rings is 9. The second-order valence-corrected chi connectivity index (χ2v) is 19.1. The first-order valence-electron chi connectivity index (χ1n) is 26.8. The molecule has 0 N–H and O–H groups in total. The van der Waals surface area contributed by atoms with E-state index < -0.39 is 13.7 Å². The van der Waals surface area contributed by atoms with Gasteiger partial charge in [-0.25, -0.2) is 4.98 Å². The minimum Gasteiger partial charge on any atom is -0.510 e. The third-order valence-electron chi connectivity index (χ3n) is 13.8. The molecule has 1 aliphatic heterocycles. The normalized spacial score (nSPS) is 13.4. The molecule has 12 aromatic rings. The van der Waals surface area contributed by atoms with Crippen LogP contribution in [0.4, 0.5) is 0 Å². The van der Waals surface area contributed by atoms with Crippen molar-refractivity contribution in [2.24, 2.45) is 0 Å². The first kappa shape index (κ1) is 38.6. The molecule has 0 saturated carbocycles. The van der Waals surface area contributed by atoms with Crippen LogP contribution in [0.5, 0.6) is 11.5 Å². The summed E-state index contributed by atoms with van der Waals surface area (Å²) >= 11 is 0. The Morgan fingerprint density at radius 1 is 0.542 bits per heavy atom. The molecule has 0 atom stereocenters. The number of imidazole rings is 1. The fourth-order valence-electron chi connectivity index (χ4n) is 10.5. The Bertz CT molecular complexity index is 4310. The van der Waals surface area contributed by atoms with Gasteiger partial charge in [-0.2, -0.15) is 18.2 Å². The van der Waals surface area contributed by atoms with Crippen LogP contribution in [0.2, 0.25) is 0 Å². The van der Waals surface area contributed by atoms with Crippen molar-refractivity contribution >= 4 is 32.8 Å². The van der Waals surface area contributed by atoms with E-state index in [-0.39, 0.29) is 43.2 Å². The van der Waals surface area contributed by atoms with Crippen LogP contribution in [0.1, 0.15) is 45.7 Å². The predicted molar refractivity (Wildman–Crippen MR) is 289 cm³/mol. The standard InChI is InChI=1S/C66H48N4O.Pt/c1-42-18-15-19-43(2)63(42)45-36-58-54-27-12-10-25-52(54)51-24-9-11-26-53(51)57-30-17-29-50(44-20-7-6-8-21-44)64(57)69-41-68(61(37-45)65(58)69)47-22-16-23-48(39-47)71-49-32-33-56-55-28-13-14-31-59(55)70(60(56)40-49)62-38-46(34-35-67-62)66(3,4)5;/h6-38H,1-5H3;/q-2;/i1D3,2D3;. The van der Waals surface area contributed by atoms with Crippen LogP contribution < -0.4 is 9.30 Å². The third-order valence-corrected chi connectivity index (χ3v) is 13.8. The number of aromatic nitrogens is 4. The zero-order chi connectivity index (χ0) is 53.0. The summed E-state index contributed by atoms with van der Waals surface area (Å²) in [4.78, 5) is 4.87. The summed E-state index contributed by atoms with van der Waals surface area (Å²) in [6, 6.07) is 70.9. The second kappa shape index (κ2) is 17.6. The summed E-state index contributed by atoms with van der Waals surface area (Å²) in [5.41, 5.74) is 13.7. The van der Waals surface area contributed by atoms with E-state index in [0.717, 1.165) is 88.9 Å². The Morgan fingerprint density at radius 2 is 1.18 bits per heavy atom. The van der Waals surface area contributed by atoms with Gasteiger partial charge in [0.2, 0.25) is 0 Å². The number of nitrogens with zero attached hydrogens (tertiary/aromatic N) is 4. The number of hydrogen-bond acceptors (Lipinski definition) is 2. The monoisotopic (exact) mass is 1110 g/mol. The first-order chi connectivity index (χ1) is 37.1. The van der Waals surface area contributed by atoms with Crippen molar-refractivity contribution in [3.63, 3.8) is 0 Å². The summed E-state index contributed by atoms with van der Waals surface area (Å²) in [7, 11) is 0. The summed E-state index contributed by atoms with van der Waals surface area (Å²) in [5, 5.41) is 2.08. The number of para-hydroxylation sites is 2. The second-order valence-electron chi connectivity index (χ2n) is 19.1. The molecule has 0 aliphatic carbocycles. The Balaban J connectivity index is 0.00000609. The van der Waals surface area contributed by atoms with Gasteiger partial charge in [0.15, 0.2) is 0 Å². The molecule has 0 bridgehead atoms. The molecule has 72 heavy (non-hydrogen) atoms. The maximum Gasteiger partial charge on any atom is 0.268 e. The van der Waals surface area contributed by atoms with Crippen molar-refractivity contribution in [2.45, 2.75) is 39.9 Å². The third kappa shape index (κ3) is 7.42. The summed E-state index contributed by atoms with van der Waals surface area (Å²) in [6.07, 6.45) is 5.68. The molecule has 0 fully saturated rings. The molecule has 5 nitrogen and oxygen atoms in total. The van der Waals surface area contributed by atoms with Gasteiger partial charge in [-0.05, 0) is 127 Å². The molecule has 0 saturated heterocycles. The van der Waals surface area contributed by atoms with E-state index in [4.69, 9.17) is 17.9 Å². The SMILES string of the molecule is [2H]C([2H])([2H])c1cccc(C([2H])([2H])[2H])c1-c1cc2c3c(c1)n(-c1[c-]c(Oc4[c-]c5c(cc4)c4ccccc4n5-c4cc(C(C)(C)C)ccn4)ccc1)[c-][n+]3-c1c(-c3ccccc3)cccc1-c1ccccc1-c1ccccc1-2.[Pt]. The van der Waals surface area contributed by atoms with Crippen LogP contribution in [-0.4, -0.2) is 14.1 Å². The van der Waals surface area contributed by atoms with Gasteiger partial charge in [-0.3, -0.25) is 4.57 Å². The van der Waals surface area contributed by atoms with Gasteiger partial charge in [-0.1, -0.05) is 166 Å². The molecule has 13 rings (SSSR count). The van der Waals surface area contributed by atoms with Crippen molar-refractivity contribution in [1.29, 1.82) is 0 Å². The molecule has 4 heterocycles.